The van der Waals surface area contributed by atoms with E-state index in [1.807, 2.05) is 0 Å². The van der Waals surface area contributed by atoms with Crippen LogP contribution in [0.4, 0.5) is 11.4 Å². The second-order valence-corrected chi connectivity index (χ2v) is 8.76. The van der Waals surface area contributed by atoms with Crippen molar-refractivity contribution in [3.63, 3.8) is 0 Å². The van der Waals surface area contributed by atoms with Gasteiger partial charge < -0.3 is 11.5 Å². The Balaban J connectivity index is 0.00000364. The van der Waals surface area contributed by atoms with E-state index in [4.69, 9.17) is 11.5 Å². The van der Waals surface area contributed by atoms with Crippen molar-refractivity contribution in [1.29, 1.82) is 0 Å². The normalized spacial score (nSPS) is 11.6. The predicted molar refractivity (Wildman–Crippen MR) is 124 cm³/mol. The molecule has 0 saturated heterocycles. The smallest absolute Gasteiger partial charge is 0.0384 e. The van der Waals surface area contributed by atoms with Crippen molar-refractivity contribution >= 4 is 11.4 Å². The summed E-state index contributed by atoms with van der Waals surface area (Å²) < 4.78 is 0. The molecule has 0 spiro atoms. The molecule has 2 rings (SSSR count). The summed E-state index contributed by atoms with van der Waals surface area (Å²) in [7, 11) is 0. The van der Waals surface area contributed by atoms with E-state index in [0.29, 0.717) is 23.7 Å². The van der Waals surface area contributed by atoms with Crippen molar-refractivity contribution in [2.75, 3.05) is 11.5 Å². The van der Waals surface area contributed by atoms with Crippen molar-refractivity contribution in [1.82, 2.24) is 0 Å². The summed E-state index contributed by atoms with van der Waals surface area (Å²) in [5.74, 6) is 1.59. The standard InChI is InChI=1S/C24H36N2.CH4/c1-13(2)19-9-17(10-20(14(3)4)23(19)25)18-11-21(15(5)6)24(26)22(12-18)16(7)8;/h9-16H,25-26H2,1-8H3;1H4. The summed E-state index contributed by atoms with van der Waals surface area (Å²) in [5.41, 5.74) is 22.3. The quantitative estimate of drug-likeness (QED) is 0.532. The van der Waals surface area contributed by atoms with Gasteiger partial charge in [0, 0.05) is 11.4 Å². The van der Waals surface area contributed by atoms with Gasteiger partial charge in [-0.15, -0.1) is 0 Å². The molecule has 27 heavy (non-hydrogen) atoms. The molecule has 0 aromatic heterocycles. The van der Waals surface area contributed by atoms with E-state index in [2.05, 4.69) is 79.7 Å². The molecule has 2 aromatic rings. The highest BCUT2D eigenvalue weighted by molar-refractivity contribution is 5.75. The fourth-order valence-electron chi connectivity index (χ4n) is 3.64. The zero-order chi connectivity index (χ0) is 19.8. The number of anilines is 2. The lowest BCUT2D eigenvalue weighted by Crippen LogP contribution is -2.06. The minimum Gasteiger partial charge on any atom is -0.398 e. The Bertz CT molecular complexity index is 657. The Morgan fingerprint density at radius 1 is 0.481 bits per heavy atom. The van der Waals surface area contributed by atoms with Crippen LogP contribution in [0.15, 0.2) is 24.3 Å². The largest absolute Gasteiger partial charge is 0.398 e. The van der Waals surface area contributed by atoms with Gasteiger partial charge in [-0.05, 0) is 81.3 Å². The molecular weight excluding hydrogens is 328 g/mol. The number of nitrogen functional groups attached to an aromatic ring is 2. The fourth-order valence-corrected chi connectivity index (χ4v) is 3.64. The average molecular weight is 369 g/mol. The predicted octanol–water partition coefficient (Wildman–Crippen LogP) is 7.65. The maximum atomic E-state index is 6.49. The van der Waals surface area contributed by atoms with E-state index in [-0.39, 0.29) is 7.43 Å². The zero-order valence-corrected chi connectivity index (χ0v) is 17.8. The van der Waals surface area contributed by atoms with E-state index in [9.17, 15) is 0 Å². The van der Waals surface area contributed by atoms with Crippen LogP contribution in [0.25, 0.3) is 11.1 Å². The second-order valence-electron chi connectivity index (χ2n) is 8.76. The lowest BCUT2D eigenvalue weighted by atomic mass is 9.85. The minimum atomic E-state index is 0. The van der Waals surface area contributed by atoms with Crippen molar-refractivity contribution in [3.05, 3.63) is 46.5 Å². The van der Waals surface area contributed by atoms with Gasteiger partial charge >= 0.3 is 0 Å². The number of hydrogen-bond acceptors (Lipinski definition) is 2. The van der Waals surface area contributed by atoms with Crippen molar-refractivity contribution in [3.8, 4) is 11.1 Å². The van der Waals surface area contributed by atoms with Gasteiger partial charge in [0.15, 0.2) is 0 Å². The lowest BCUT2D eigenvalue weighted by molar-refractivity contribution is 0.837. The summed E-state index contributed by atoms with van der Waals surface area (Å²) in [5, 5.41) is 0. The van der Waals surface area contributed by atoms with E-state index in [1.54, 1.807) is 0 Å². The molecule has 150 valence electrons. The molecule has 0 saturated carbocycles. The molecule has 0 bridgehead atoms. The molecule has 2 aromatic carbocycles. The maximum Gasteiger partial charge on any atom is 0.0384 e. The van der Waals surface area contributed by atoms with Gasteiger partial charge in [0.2, 0.25) is 0 Å². The zero-order valence-electron chi connectivity index (χ0n) is 17.8. The molecule has 0 aliphatic rings. The number of hydrogen-bond donors (Lipinski definition) is 2. The Morgan fingerprint density at radius 2 is 0.667 bits per heavy atom. The van der Waals surface area contributed by atoms with Crippen LogP contribution in [0.5, 0.6) is 0 Å². The van der Waals surface area contributed by atoms with E-state index < -0.39 is 0 Å². The maximum absolute atomic E-state index is 6.49. The molecular formula is C25H40N2. The molecule has 2 nitrogen and oxygen atoms in total. The summed E-state index contributed by atoms with van der Waals surface area (Å²) in [6, 6.07) is 9.08. The first-order valence-electron chi connectivity index (χ1n) is 9.91. The fraction of sp³-hybridized carbons (Fsp3) is 0.520. The third-order valence-electron chi connectivity index (χ3n) is 5.31. The molecule has 0 amide bonds. The van der Waals surface area contributed by atoms with Gasteiger partial charge in [-0.3, -0.25) is 0 Å². The van der Waals surface area contributed by atoms with Crippen molar-refractivity contribution in [2.24, 2.45) is 0 Å². The first kappa shape index (κ1) is 23.1. The molecule has 2 heteroatoms. The van der Waals surface area contributed by atoms with Crippen LogP contribution in [0, 0.1) is 0 Å². The van der Waals surface area contributed by atoms with Gasteiger partial charge in [0.1, 0.15) is 0 Å². The van der Waals surface area contributed by atoms with Gasteiger partial charge in [0.05, 0.1) is 0 Å². The molecule has 4 N–H and O–H groups in total. The highest BCUT2D eigenvalue weighted by Gasteiger charge is 2.18. The lowest BCUT2D eigenvalue weighted by Gasteiger charge is -2.22. The summed E-state index contributed by atoms with van der Waals surface area (Å²) in [6.07, 6.45) is 0. The van der Waals surface area contributed by atoms with E-state index in [0.717, 1.165) is 11.4 Å². The first-order chi connectivity index (χ1) is 12.0. The molecule has 0 atom stereocenters. The molecule has 0 radical (unpaired) electrons. The Labute approximate surface area is 167 Å². The third-order valence-corrected chi connectivity index (χ3v) is 5.31. The first-order valence-corrected chi connectivity index (χ1v) is 9.91. The van der Waals surface area contributed by atoms with Crippen LogP contribution >= 0.6 is 0 Å². The number of benzene rings is 2. The van der Waals surface area contributed by atoms with Crippen LogP contribution in [-0.4, -0.2) is 0 Å². The molecule has 0 aliphatic heterocycles. The van der Waals surface area contributed by atoms with Crippen LogP contribution < -0.4 is 11.5 Å². The summed E-state index contributed by atoms with van der Waals surface area (Å²) in [4.78, 5) is 0. The van der Waals surface area contributed by atoms with Gasteiger partial charge in [0.25, 0.3) is 0 Å². The Kier molecular flexibility index (Phi) is 7.54. The molecule has 0 fully saturated rings. The van der Waals surface area contributed by atoms with Gasteiger partial charge in [-0.2, -0.15) is 0 Å². The average Bonchev–Trinajstić information content (AvgIpc) is 2.54. The molecule has 0 aliphatic carbocycles. The number of rotatable bonds is 5. The van der Waals surface area contributed by atoms with Crippen LogP contribution in [0.3, 0.4) is 0 Å². The van der Waals surface area contributed by atoms with Crippen LogP contribution in [0.1, 0.15) is 109 Å². The minimum absolute atomic E-state index is 0. The molecule has 0 heterocycles. The highest BCUT2D eigenvalue weighted by Crippen LogP contribution is 2.39. The number of nitrogens with two attached hydrogens (primary N) is 2. The Hall–Kier alpha value is -1.96. The van der Waals surface area contributed by atoms with Crippen molar-refractivity contribution < 1.29 is 0 Å². The second kappa shape index (κ2) is 8.82. The van der Waals surface area contributed by atoms with Crippen LogP contribution in [-0.2, 0) is 0 Å². The topological polar surface area (TPSA) is 52.0 Å². The van der Waals surface area contributed by atoms with E-state index >= 15 is 0 Å². The van der Waals surface area contributed by atoms with E-state index in [1.165, 1.54) is 33.4 Å². The van der Waals surface area contributed by atoms with Gasteiger partial charge in [-0.1, -0.05) is 62.8 Å². The molecule has 0 unspecified atom stereocenters. The van der Waals surface area contributed by atoms with Gasteiger partial charge in [-0.25, -0.2) is 0 Å². The Morgan fingerprint density at radius 3 is 0.815 bits per heavy atom. The SMILES string of the molecule is C.CC(C)c1cc(-c2cc(C(C)C)c(N)c(C(C)C)c2)cc(C(C)C)c1N. The summed E-state index contributed by atoms with van der Waals surface area (Å²) in [6.45, 7) is 17.7. The summed E-state index contributed by atoms with van der Waals surface area (Å²) >= 11 is 0. The van der Waals surface area contributed by atoms with Crippen LogP contribution in [0.2, 0.25) is 0 Å². The highest BCUT2D eigenvalue weighted by atomic mass is 14.6. The monoisotopic (exact) mass is 368 g/mol. The third kappa shape index (κ3) is 4.66. The van der Waals surface area contributed by atoms with Crippen molar-refractivity contribution in [2.45, 2.75) is 86.5 Å².